The van der Waals surface area contributed by atoms with Crippen LogP contribution in [0.3, 0.4) is 0 Å². The standard InChI is InChI=1S/C10H15N3/c11-6-10-12-7-8-4-2-1-3-5-9(8)13-10/h7H,1-6,11H2. The van der Waals surface area contributed by atoms with Crippen molar-refractivity contribution in [3.05, 3.63) is 23.3 Å². The van der Waals surface area contributed by atoms with E-state index >= 15 is 0 Å². The smallest absolute Gasteiger partial charge is 0.142 e. The molecule has 3 heteroatoms. The Morgan fingerprint density at radius 2 is 2.08 bits per heavy atom. The van der Waals surface area contributed by atoms with Crippen molar-refractivity contribution in [3.63, 3.8) is 0 Å². The highest BCUT2D eigenvalue weighted by Crippen LogP contribution is 2.17. The summed E-state index contributed by atoms with van der Waals surface area (Å²) in [7, 11) is 0. The quantitative estimate of drug-likeness (QED) is 0.656. The van der Waals surface area contributed by atoms with Crippen LogP contribution in [-0.4, -0.2) is 9.97 Å². The highest BCUT2D eigenvalue weighted by molar-refractivity contribution is 5.19. The molecule has 1 aliphatic carbocycles. The molecule has 3 nitrogen and oxygen atoms in total. The number of aromatic nitrogens is 2. The molecule has 0 saturated carbocycles. The van der Waals surface area contributed by atoms with Gasteiger partial charge in [-0.15, -0.1) is 0 Å². The van der Waals surface area contributed by atoms with Crippen molar-refractivity contribution in [2.45, 2.75) is 38.6 Å². The van der Waals surface area contributed by atoms with Gasteiger partial charge in [0.25, 0.3) is 0 Å². The number of hydrogen-bond acceptors (Lipinski definition) is 3. The van der Waals surface area contributed by atoms with Crippen molar-refractivity contribution in [2.75, 3.05) is 0 Å². The van der Waals surface area contributed by atoms with Crippen LogP contribution in [0.2, 0.25) is 0 Å². The van der Waals surface area contributed by atoms with Crippen molar-refractivity contribution in [1.82, 2.24) is 9.97 Å². The molecule has 2 N–H and O–H groups in total. The first-order chi connectivity index (χ1) is 6.40. The Morgan fingerprint density at radius 3 is 2.92 bits per heavy atom. The predicted octanol–water partition coefficient (Wildman–Crippen LogP) is 1.20. The maximum atomic E-state index is 5.50. The van der Waals surface area contributed by atoms with Gasteiger partial charge in [0.15, 0.2) is 0 Å². The van der Waals surface area contributed by atoms with E-state index in [4.69, 9.17) is 5.73 Å². The van der Waals surface area contributed by atoms with E-state index < -0.39 is 0 Å². The predicted molar refractivity (Wildman–Crippen MR) is 51.2 cm³/mol. The molecule has 13 heavy (non-hydrogen) atoms. The van der Waals surface area contributed by atoms with Gasteiger partial charge in [-0.3, -0.25) is 0 Å². The molecule has 0 fully saturated rings. The van der Waals surface area contributed by atoms with Crippen molar-refractivity contribution in [3.8, 4) is 0 Å². The zero-order valence-corrected chi connectivity index (χ0v) is 7.79. The van der Waals surface area contributed by atoms with E-state index in [-0.39, 0.29) is 0 Å². The van der Waals surface area contributed by atoms with E-state index in [0.29, 0.717) is 6.54 Å². The molecule has 0 amide bonds. The van der Waals surface area contributed by atoms with Crippen LogP contribution in [0, 0.1) is 0 Å². The van der Waals surface area contributed by atoms with Crippen LogP contribution in [0.4, 0.5) is 0 Å². The second kappa shape index (κ2) is 3.83. The van der Waals surface area contributed by atoms with Crippen molar-refractivity contribution >= 4 is 0 Å². The van der Waals surface area contributed by atoms with Crippen LogP contribution >= 0.6 is 0 Å². The molecule has 0 bridgehead atoms. The summed E-state index contributed by atoms with van der Waals surface area (Å²) in [6.07, 6.45) is 8.04. The Morgan fingerprint density at radius 1 is 1.23 bits per heavy atom. The Hall–Kier alpha value is -0.960. The van der Waals surface area contributed by atoms with Gasteiger partial charge in [0.1, 0.15) is 5.82 Å². The van der Waals surface area contributed by atoms with E-state index in [1.165, 1.54) is 30.5 Å². The van der Waals surface area contributed by atoms with Crippen molar-refractivity contribution in [2.24, 2.45) is 5.73 Å². The molecule has 0 radical (unpaired) electrons. The van der Waals surface area contributed by atoms with Gasteiger partial charge in [-0.1, -0.05) is 6.42 Å². The van der Waals surface area contributed by atoms with Crippen LogP contribution < -0.4 is 5.73 Å². The number of rotatable bonds is 1. The topological polar surface area (TPSA) is 51.8 Å². The van der Waals surface area contributed by atoms with Crippen LogP contribution in [0.5, 0.6) is 0 Å². The maximum Gasteiger partial charge on any atom is 0.142 e. The minimum absolute atomic E-state index is 0.452. The van der Waals surface area contributed by atoms with E-state index in [1.807, 2.05) is 6.20 Å². The van der Waals surface area contributed by atoms with Gasteiger partial charge in [-0.05, 0) is 31.2 Å². The Balaban J connectivity index is 2.32. The number of aryl methyl sites for hydroxylation is 2. The third-order valence-electron chi connectivity index (χ3n) is 2.55. The summed E-state index contributed by atoms with van der Waals surface area (Å²) < 4.78 is 0. The largest absolute Gasteiger partial charge is 0.324 e. The molecule has 0 spiro atoms. The van der Waals surface area contributed by atoms with Crippen LogP contribution in [0.15, 0.2) is 6.20 Å². The summed E-state index contributed by atoms with van der Waals surface area (Å²) >= 11 is 0. The monoisotopic (exact) mass is 177 g/mol. The summed E-state index contributed by atoms with van der Waals surface area (Å²) in [4.78, 5) is 8.67. The highest BCUT2D eigenvalue weighted by Gasteiger charge is 2.09. The first-order valence-electron chi connectivity index (χ1n) is 4.94. The second-order valence-corrected chi connectivity index (χ2v) is 3.52. The Bertz CT molecular complexity index is 296. The third-order valence-corrected chi connectivity index (χ3v) is 2.55. The molecule has 0 aromatic carbocycles. The number of nitrogens with two attached hydrogens (primary N) is 1. The lowest BCUT2D eigenvalue weighted by molar-refractivity contribution is 0.708. The van der Waals surface area contributed by atoms with Crippen LogP contribution in [0.25, 0.3) is 0 Å². The molecule has 2 rings (SSSR count). The first kappa shape index (κ1) is 8.63. The van der Waals surface area contributed by atoms with Gasteiger partial charge in [0, 0.05) is 11.9 Å². The molecule has 1 aromatic rings. The lowest BCUT2D eigenvalue weighted by Gasteiger charge is -2.04. The second-order valence-electron chi connectivity index (χ2n) is 3.52. The minimum atomic E-state index is 0.452. The first-order valence-corrected chi connectivity index (χ1v) is 4.94. The SMILES string of the molecule is NCc1ncc2c(n1)CCCCC2. The van der Waals surface area contributed by atoms with Crippen LogP contribution in [0.1, 0.15) is 36.3 Å². The van der Waals surface area contributed by atoms with Crippen molar-refractivity contribution < 1.29 is 0 Å². The average Bonchev–Trinajstić information content (AvgIpc) is 2.41. The number of hydrogen-bond donors (Lipinski definition) is 1. The molecule has 0 atom stereocenters. The van der Waals surface area contributed by atoms with E-state index in [2.05, 4.69) is 9.97 Å². The molecule has 1 aliphatic rings. The summed E-state index contributed by atoms with van der Waals surface area (Å²) in [5, 5.41) is 0. The average molecular weight is 177 g/mol. The van der Waals surface area contributed by atoms with E-state index in [9.17, 15) is 0 Å². The maximum absolute atomic E-state index is 5.50. The fourth-order valence-electron chi connectivity index (χ4n) is 1.79. The normalized spacial score (nSPS) is 16.4. The zero-order valence-electron chi connectivity index (χ0n) is 7.79. The summed E-state index contributed by atoms with van der Waals surface area (Å²) in [5.41, 5.74) is 8.06. The van der Waals surface area contributed by atoms with Gasteiger partial charge in [-0.2, -0.15) is 0 Å². The molecule has 0 saturated heterocycles. The Labute approximate surface area is 78.4 Å². The lowest BCUT2D eigenvalue weighted by atomic mass is 10.1. The van der Waals surface area contributed by atoms with E-state index in [1.54, 1.807) is 0 Å². The van der Waals surface area contributed by atoms with E-state index in [0.717, 1.165) is 18.7 Å². The van der Waals surface area contributed by atoms with Crippen molar-refractivity contribution in [1.29, 1.82) is 0 Å². The molecular formula is C10H15N3. The van der Waals surface area contributed by atoms with Crippen LogP contribution in [-0.2, 0) is 19.4 Å². The molecule has 1 aromatic heterocycles. The molecule has 0 aliphatic heterocycles. The fraction of sp³-hybridized carbons (Fsp3) is 0.600. The molecule has 0 unspecified atom stereocenters. The van der Waals surface area contributed by atoms with Gasteiger partial charge in [0.05, 0.1) is 6.54 Å². The van der Waals surface area contributed by atoms with Gasteiger partial charge >= 0.3 is 0 Å². The lowest BCUT2D eigenvalue weighted by Crippen LogP contribution is -2.07. The zero-order chi connectivity index (χ0) is 9.10. The molecular weight excluding hydrogens is 162 g/mol. The number of nitrogens with zero attached hydrogens (tertiary/aromatic N) is 2. The summed E-state index contributed by atoms with van der Waals surface area (Å²) in [5.74, 6) is 0.778. The number of fused-ring (bicyclic) bond motifs is 1. The fourth-order valence-corrected chi connectivity index (χ4v) is 1.79. The third kappa shape index (κ3) is 1.86. The highest BCUT2D eigenvalue weighted by atomic mass is 14.9. The summed E-state index contributed by atoms with van der Waals surface area (Å²) in [6, 6.07) is 0. The Kier molecular flexibility index (Phi) is 2.54. The summed E-state index contributed by atoms with van der Waals surface area (Å²) in [6.45, 7) is 0.452. The van der Waals surface area contributed by atoms with Gasteiger partial charge in [-0.25, -0.2) is 9.97 Å². The molecule has 70 valence electrons. The molecule has 1 heterocycles. The van der Waals surface area contributed by atoms with Gasteiger partial charge < -0.3 is 5.73 Å². The minimum Gasteiger partial charge on any atom is -0.324 e. The van der Waals surface area contributed by atoms with Gasteiger partial charge in [0.2, 0.25) is 0 Å².